The number of hydrogen-bond acceptors (Lipinski definition) is 14. The lowest BCUT2D eigenvalue weighted by Gasteiger charge is -2.36. The van der Waals surface area contributed by atoms with E-state index in [-0.39, 0.29) is 93.7 Å². The van der Waals surface area contributed by atoms with Crippen LogP contribution in [0.15, 0.2) is 125 Å². The lowest BCUT2D eigenvalue weighted by molar-refractivity contribution is -0.144. The number of carbonyl (C=O) groups excluding carboxylic acids is 8. The predicted molar refractivity (Wildman–Crippen MR) is 376 cm³/mol. The highest BCUT2D eigenvalue weighted by Gasteiger charge is 2.50. The number of rotatable bonds is 30. The fourth-order valence-corrected chi connectivity index (χ4v) is 13.8. The molecule has 28 heteroatoms. The van der Waals surface area contributed by atoms with Crippen molar-refractivity contribution in [2.45, 2.75) is 154 Å². The number of ether oxygens (including phenoxy) is 1. The summed E-state index contributed by atoms with van der Waals surface area (Å²) < 4.78 is 47.6. The van der Waals surface area contributed by atoms with Crippen molar-refractivity contribution in [2.24, 2.45) is 11.3 Å². The van der Waals surface area contributed by atoms with Gasteiger partial charge in [-0.15, -0.1) is 11.3 Å². The number of aryl methyl sites for hydroxylation is 2. The van der Waals surface area contributed by atoms with Crippen LogP contribution in [0.5, 0.6) is 11.5 Å². The summed E-state index contributed by atoms with van der Waals surface area (Å²) in [5.41, 5.74) is 0.700. The third kappa shape index (κ3) is 21.1. The number of aliphatic hydroxyl groups excluding tert-OH is 1. The lowest BCUT2D eigenvalue weighted by atomic mass is 9.85. The number of nitrogens with zero attached hydrogens (tertiary/aromatic N) is 3. The van der Waals surface area contributed by atoms with Crippen LogP contribution in [0.1, 0.15) is 122 Å². The number of amides is 8. The number of nitrogens with one attached hydrogen (secondary N) is 6. The SMILES string of the molecule is COc1cc(CC(=O)N[C@@H](Cc2ccccc2)C(=O)N[C@@H](Cc2ccc(C(F)(F)P(=O)(O)O)cc2)C(=O)N[C@@H](CCCCNC(=O)c2ccc(C)c(Br)c2)C(=O)N2CCC(CCC(=O)N[C@H](C(=O)N3C[C@H](O)C[C@H]3C(=O)NCc3ccc(-c4scnc4C)cc3)C(C)(C)C)CC2)ccc1O. The van der Waals surface area contributed by atoms with Crippen LogP contribution < -0.4 is 36.6 Å². The van der Waals surface area contributed by atoms with E-state index in [1.54, 1.807) is 79.7 Å². The molecule has 2 saturated heterocycles. The van der Waals surface area contributed by atoms with Crippen LogP contribution in [0.2, 0.25) is 0 Å². The molecular formula is C72H87BrF2N9O14PS. The number of thiazole rings is 1. The van der Waals surface area contributed by atoms with Crippen LogP contribution >= 0.6 is 34.9 Å². The van der Waals surface area contributed by atoms with Crippen molar-refractivity contribution >= 4 is 82.1 Å². The molecule has 8 amide bonds. The maximum absolute atomic E-state index is 15.0. The number of hydrogen-bond donors (Lipinski definition) is 10. The number of benzene rings is 5. The Bertz CT molecular complexity index is 3930. The molecule has 0 radical (unpaired) electrons. The van der Waals surface area contributed by atoms with Gasteiger partial charge >= 0.3 is 13.3 Å². The van der Waals surface area contributed by atoms with E-state index < -0.39 is 108 Å². The number of likely N-dealkylation sites (tertiary alicyclic amines) is 2. The summed E-state index contributed by atoms with van der Waals surface area (Å²) in [6, 6.07) is 23.5. The molecule has 5 aromatic carbocycles. The summed E-state index contributed by atoms with van der Waals surface area (Å²) in [7, 11) is -4.64. The Morgan fingerprint density at radius 1 is 0.750 bits per heavy atom. The Balaban J connectivity index is 0.950. The molecule has 2 aliphatic heterocycles. The normalized spacial score (nSPS) is 16.3. The molecule has 100 heavy (non-hydrogen) atoms. The van der Waals surface area contributed by atoms with Gasteiger partial charge in [-0.2, -0.15) is 8.78 Å². The number of carbonyl (C=O) groups is 8. The molecule has 0 aliphatic carbocycles. The van der Waals surface area contributed by atoms with Gasteiger partial charge in [0.15, 0.2) is 11.5 Å². The van der Waals surface area contributed by atoms with Crippen molar-refractivity contribution in [2.75, 3.05) is 33.3 Å². The van der Waals surface area contributed by atoms with Gasteiger partial charge in [0.1, 0.15) is 30.2 Å². The number of methoxy groups -OCH3 is 1. The molecule has 2 fully saturated rings. The molecule has 3 heterocycles. The molecule has 0 spiro atoms. The number of phenolic OH excluding ortho intramolecular Hbond substituents is 1. The summed E-state index contributed by atoms with van der Waals surface area (Å²) in [6.45, 7) is 9.92. The van der Waals surface area contributed by atoms with Crippen molar-refractivity contribution in [3.8, 4) is 21.9 Å². The summed E-state index contributed by atoms with van der Waals surface area (Å²) in [5.74, 6) is -4.64. The number of aliphatic hydroxyl groups is 1. The van der Waals surface area contributed by atoms with Gasteiger partial charge in [-0.3, -0.25) is 42.9 Å². The van der Waals surface area contributed by atoms with Crippen molar-refractivity contribution < 1.29 is 76.4 Å². The highest BCUT2D eigenvalue weighted by atomic mass is 79.9. The number of phenols is 1. The molecule has 0 unspecified atom stereocenters. The number of aromatic hydroxyl groups is 1. The van der Waals surface area contributed by atoms with Crippen LogP contribution in [0.3, 0.4) is 0 Å². The van der Waals surface area contributed by atoms with Gasteiger partial charge in [-0.25, -0.2) is 4.98 Å². The van der Waals surface area contributed by atoms with Crippen LogP contribution in [-0.4, -0.2) is 152 Å². The number of β-amino-alcohol motifs (C(OH)–C–C–N with tert-alkyl or cyclic N) is 1. The fourth-order valence-electron chi connectivity index (χ4n) is 12.1. The maximum atomic E-state index is 15.0. The minimum Gasteiger partial charge on any atom is -0.504 e. The Hall–Kier alpha value is -8.46. The van der Waals surface area contributed by atoms with Gasteiger partial charge in [0.2, 0.25) is 41.4 Å². The van der Waals surface area contributed by atoms with E-state index in [0.717, 1.165) is 56.0 Å². The van der Waals surface area contributed by atoms with Gasteiger partial charge in [0.05, 0.1) is 35.7 Å². The zero-order valence-corrected chi connectivity index (χ0v) is 59.9. The van der Waals surface area contributed by atoms with E-state index in [2.05, 4.69) is 52.8 Å². The molecule has 10 N–H and O–H groups in total. The van der Waals surface area contributed by atoms with E-state index in [4.69, 9.17) is 4.74 Å². The molecule has 8 rings (SSSR count). The third-order valence-electron chi connectivity index (χ3n) is 18.0. The maximum Gasteiger partial charge on any atom is 0.399 e. The highest BCUT2D eigenvalue weighted by molar-refractivity contribution is 9.10. The molecule has 536 valence electrons. The number of piperidine rings is 1. The first-order valence-corrected chi connectivity index (χ1v) is 36.4. The van der Waals surface area contributed by atoms with Gasteiger partial charge in [-0.1, -0.05) is 128 Å². The standard InChI is InChI=1S/C72H87BrF2N9O14PS/c1-43-15-22-51(38-54(43)73)65(89)76-31-11-10-14-55(80-67(91)57(35-47-18-25-52(26-19-47)72(74,75)99(95,96)97)81-66(90)56(34-46-12-8-7-9-13-46)79-62(88)37-49-20-27-59(86)60(36-49)98-6)69(93)83-32-29-45(30-33-83)21-28-61(87)82-64(71(3,4)5)70(94)84-41-53(85)39-58(84)68(92)77-40-48-16-23-50(24-17-48)63-44(2)78-42-100-63/h7-9,12-13,15-20,22-27,36,38,42,45,53,55-58,64,85-86H,10-11,14,21,28-35,37,39-41H2,1-6H3,(H,76,89)(H,77,92)(H,79,88)(H,80,91)(H,81,90)(H,82,87)(H2,95,96,97)/t53-,55+,56+,57+,58+,64-/m1/s1. The van der Waals surface area contributed by atoms with Gasteiger partial charge in [0.25, 0.3) is 5.91 Å². The largest absolute Gasteiger partial charge is 0.504 e. The molecule has 0 bridgehead atoms. The zero-order chi connectivity index (χ0) is 72.6. The molecule has 23 nitrogen and oxygen atoms in total. The highest BCUT2D eigenvalue weighted by Crippen LogP contribution is 2.59. The Morgan fingerprint density at radius 3 is 2.00 bits per heavy atom. The zero-order valence-electron chi connectivity index (χ0n) is 56.6. The first-order valence-electron chi connectivity index (χ1n) is 33.1. The first kappa shape index (κ1) is 77.3. The molecule has 6 aromatic rings. The number of unbranched alkanes of at least 4 members (excludes halogenated alkanes) is 1. The lowest BCUT2D eigenvalue weighted by Crippen LogP contribution is -2.58. The van der Waals surface area contributed by atoms with Gasteiger partial charge < -0.3 is 66.4 Å². The summed E-state index contributed by atoms with van der Waals surface area (Å²) in [6.07, 6.45) is 0.295. The smallest absolute Gasteiger partial charge is 0.399 e. The summed E-state index contributed by atoms with van der Waals surface area (Å²) in [5, 5.41) is 38.1. The summed E-state index contributed by atoms with van der Waals surface area (Å²) >= 11 is 4.99. The Labute approximate surface area is 592 Å². The Kier molecular flexibility index (Phi) is 26.9. The van der Waals surface area contributed by atoms with Gasteiger partial charge in [0, 0.05) is 74.0 Å². The van der Waals surface area contributed by atoms with Gasteiger partial charge in [-0.05, 0) is 121 Å². The average Bonchev–Trinajstić information content (AvgIpc) is 0.849. The predicted octanol–water partition coefficient (Wildman–Crippen LogP) is 8.04. The van der Waals surface area contributed by atoms with E-state index >= 15 is 4.79 Å². The van der Waals surface area contributed by atoms with Crippen LogP contribution in [0, 0.1) is 25.2 Å². The van der Waals surface area contributed by atoms with E-state index in [1.165, 1.54) is 41.5 Å². The molecule has 2 aliphatic rings. The van der Waals surface area contributed by atoms with Crippen molar-refractivity contribution in [3.05, 3.63) is 170 Å². The summed E-state index contributed by atoms with van der Waals surface area (Å²) in [4.78, 5) is 141. The van der Waals surface area contributed by atoms with E-state index in [0.29, 0.717) is 48.8 Å². The van der Waals surface area contributed by atoms with Crippen molar-refractivity contribution in [1.82, 2.24) is 46.7 Å². The van der Waals surface area contributed by atoms with Crippen LogP contribution in [0.25, 0.3) is 10.4 Å². The molecule has 1 aromatic heterocycles. The van der Waals surface area contributed by atoms with E-state index in [1.807, 2.05) is 38.1 Å². The monoisotopic (exact) mass is 1480 g/mol. The fraction of sp³-hybridized carbons (Fsp3) is 0.431. The van der Waals surface area contributed by atoms with Crippen molar-refractivity contribution in [3.63, 3.8) is 0 Å². The number of alkyl halides is 2. The molecule has 0 saturated carbocycles. The third-order valence-corrected chi connectivity index (χ3v) is 20.8. The second-order valence-corrected chi connectivity index (χ2v) is 29.9. The minimum atomic E-state index is -5.98. The van der Waals surface area contributed by atoms with Crippen LogP contribution in [0.4, 0.5) is 8.78 Å². The minimum absolute atomic E-state index is 0.0164. The number of halogens is 3. The van der Waals surface area contributed by atoms with E-state index in [9.17, 15) is 66.9 Å². The van der Waals surface area contributed by atoms with Crippen LogP contribution in [-0.2, 0) is 69.6 Å². The topological polar surface area (TPSA) is 335 Å². The second kappa shape index (κ2) is 34.7. The molecule has 6 atom stereocenters. The first-order chi connectivity index (χ1) is 47.4. The molecular weight excluding hydrogens is 1400 g/mol. The van der Waals surface area contributed by atoms with Crippen molar-refractivity contribution in [1.29, 1.82) is 0 Å². The second-order valence-electron chi connectivity index (χ2n) is 26.6. The number of aromatic nitrogens is 1. The average molecular weight is 1480 g/mol. The Morgan fingerprint density at radius 2 is 1.38 bits per heavy atom. The quantitative estimate of drug-likeness (QED) is 0.0151.